The maximum atomic E-state index is 13.1. The van der Waals surface area contributed by atoms with E-state index in [0.717, 1.165) is 25.1 Å². The van der Waals surface area contributed by atoms with Gasteiger partial charge in [-0.05, 0) is 56.0 Å². The molecule has 0 bridgehead atoms. The van der Waals surface area contributed by atoms with Crippen molar-refractivity contribution in [3.05, 3.63) is 29.6 Å². The van der Waals surface area contributed by atoms with E-state index >= 15 is 0 Å². The van der Waals surface area contributed by atoms with Gasteiger partial charge >= 0.3 is 0 Å². The normalized spacial score (nSPS) is 26.8. The molecule has 4 heteroatoms. The van der Waals surface area contributed by atoms with E-state index in [1.165, 1.54) is 25.0 Å². The molecule has 18 heavy (non-hydrogen) atoms. The van der Waals surface area contributed by atoms with Gasteiger partial charge in [0.15, 0.2) is 0 Å². The van der Waals surface area contributed by atoms with Crippen LogP contribution in [0.4, 0.5) is 10.1 Å². The lowest BCUT2D eigenvalue weighted by Gasteiger charge is -2.24. The van der Waals surface area contributed by atoms with Gasteiger partial charge in [-0.15, -0.1) is 0 Å². The minimum absolute atomic E-state index is 0.0150. The van der Waals surface area contributed by atoms with E-state index in [-0.39, 0.29) is 17.6 Å². The SMILES string of the molecule is O=C1Nc2cc(F)ccc2C1CC1CCCNC1. The van der Waals surface area contributed by atoms with E-state index < -0.39 is 0 Å². The predicted octanol–water partition coefficient (Wildman–Crippen LogP) is 2.25. The number of nitrogens with one attached hydrogen (secondary N) is 2. The van der Waals surface area contributed by atoms with Crippen LogP contribution in [0.15, 0.2) is 18.2 Å². The minimum atomic E-state index is -0.297. The highest BCUT2D eigenvalue weighted by molar-refractivity contribution is 6.02. The van der Waals surface area contributed by atoms with Gasteiger partial charge in [0.1, 0.15) is 5.82 Å². The van der Waals surface area contributed by atoms with Crippen LogP contribution in [0.3, 0.4) is 0 Å². The molecule has 96 valence electrons. The summed E-state index contributed by atoms with van der Waals surface area (Å²) in [6.45, 7) is 2.06. The Kier molecular flexibility index (Phi) is 3.04. The monoisotopic (exact) mass is 248 g/mol. The molecule has 2 atom stereocenters. The fourth-order valence-corrected chi connectivity index (χ4v) is 2.99. The van der Waals surface area contributed by atoms with Gasteiger partial charge in [0.25, 0.3) is 0 Å². The van der Waals surface area contributed by atoms with Gasteiger partial charge in [0.2, 0.25) is 5.91 Å². The average Bonchev–Trinajstić information content (AvgIpc) is 2.66. The van der Waals surface area contributed by atoms with Crippen molar-refractivity contribution in [2.45, 2.75) is 25.2 Å². The number of hydrogen-bond donors (Lipinski definition) is 2. The summed E-state index contributed by atoms with van der Waals surface area (Å²) in [4.78, 5) is 12.0. The van der Waals surface area contributed by atoms with Gasteiger partial charge in [-0.2, -0.15) is 0 Å². The molecule has 0 aromatic heterocycles. The molecule has 0 saturated carbocycles. The van der Waals surface area contributed by atoms with Crippen LogP contribution in [0.1, 0.15) is 30.7 Å². The Hall–Kier alpha value is -1.42. The third kappa shape index (κ3) is 2.12. The number of piperidine rings is 1. The van der Waals surface area contributed by atoms with Gasteiger partial charge < -0.3 is 10.6 Å². The highest BCUT2D eigenvalue weighted by Gasteiger charge is 2.32. The number of carbonyl (C=O) groups is 1. The van der Waals surface area contributed by atoms with Crippen LogP contribution in [0.2, 0.25) is 0 Å². The average molecular weight is 248 g/mol. The second-order valence-corrected chi connectivity index (χ2v) is 5.22. The highest BCUT2D eigenvalue weighted by atomic mass is 19.1. The van der Waals surface area contributed by atoms with E-state index in [4.69, 9.17) is 0 Å². The van der Waals surface area contributed by atoms with Gasteiger partial charge in [-0.1, -0.05) is 6.07 Å². The summed E-state index contributed by atoms with van der Waals surface area (Å²) in [5, 5.41) is 6.14. The van der Waals surface area contributed by atoms with Crippen molar-refractivity contribution in [3.8, 4) is 0 Å². The quantitative estimate of drug-likeness (QED) is 0.843. The number of fused-ring (bicyclic) bond motifs is 1. The molecule has 2 aliphatic rings. The summed E-state index contributed by atoms with van der Waals surface area (Å²) in [6.07, 6.45) is 3.21. The molecule has 2 heterocycles. The second-order valence-electron chi connectivity index (χ2n) is 5.22. The molecule has 2 N–H and O–H groups in total. The topological polar surface area (TPSA) is 41.1 Å². The molecule has 1 aromatic carbocycles. The summed E-state index contributed by atoms with van der Waals surface area (Å²) in [5.41, 5.74) is 1.60. The van der Waals surface area contributed by atoms with E-state index in [9.17, 15) is 9.18 Å². The molecule has 0 spiro atoms. The Labute approximate surface area is 106 Å². The van der Waals surface area contributed by atoms with Gasteiger partial charge in [0, 0.05) is 5.69 Å². The molecule has 2 aliphatic heterocycles. The molecule has 1 amide bonds. The number of halogens is 1. The molecule has 2 unspecified atom stereocenters. The number of benzene rings is 1. The zero-order valence-electron chi connectivity index (χ0n) is 10.2. The summed E-state index contributed by atoms with van der Waals surface area (Å²) in [5.74, 6) is 0.159. The van der Waals surface area contributed by atoms with Crippen molar-refractivity contribution in [3.63, 3.8) is 0 Å². The molecular formula is C14H17FN2O. The highest BCUT2D eigenvalue weighted by Crippen LogP contribution is 2.37. The van der Waals surface area contributed by atoms with Crippen molar-refractivity contribution < 1.29 is 9.18 Å². The van der Waals surface area contributed by atoms with E-state index in [0.29, 0.717) is 11.6 Å². The fraction of sp³-hybridized carbons (Fsp3) is 0.500. The number of carbonyl (C=O) groups excluding carboxylic acids is 1. The molecule has 1 fully saturated rings. The number of anilines is 1. The minimum Gasteiger partial charge on any atom is -0.325 e. The molecule has 1 aromatic rings. The Morgan fingerprint density at radius 1 is 1.39 bits per heavy atom. The Morgan fingerprint density at radius 3 is 3.06 bits per heavy atom. The third-order valence-electron chi connectivity index (χ3n) is 3.93. The summed E-state index contributed by atoms with van der Waals surface area (Å²) in [7, 11) is 0. The molecular weight excluding hydrogens is 231 g/mol. The zero-order valence-corrected chi connectivity index (χ0v) is 10.2. The fourth-order valence-electron chi connectivity index (χ4n) is 2.99. The number of rotatable bonds is 2. The Bertz CT molecular complexity index is 469. The first-order valence-corrected chi connectivity index (χ1v) is 6.55. The van der Waals surface area contributed by atoms with Crippen molar-refractivity contribution >= 4 is 11.6 Å². The smallest absolute Gasteiger partial charge is 0.232 e. The standard InChI is InChI=1S/C14H17FN2O/c15-10-3-4-11-12(14(18)17-13(11)7-10)6-9-2-1-5-16-8-9/h3-4,7,9,12,16H,1-2,5-6,8H2,(H,17,18). The summed E-state index contributed by atoms with van der Waals surface area (Å²) in [6, 6.07) is 4.58. The van der Waals surface area contributed by atoms with Crippen LogP contribution in [0.25, 0.3) is 0 Å². The van der Waals surface area contributed by atoms with Crippen LogP contribution < -0.4 is 10.6 Å². The van der Waals surface area contributed by atoms with Gasteiger partial charge in [-0.3, -0.25) is 4.79 Å². The summed E-state index contributed by atoms with van der Waals surface area (Å²) >= 11 is 0. The van der Waals surface area contributed by atoms with E-state index in [2.05, 4.69) is 10.6 Å². The summed E-state index contributed by atoms with van der Waals surface area (Å²) < 4.78 is 13.1. The van der Waals surface area contributed by atoms with Crippen LogP contribution in [0, 0.1) is 11.7 Å². The van der Waals surface area contributed by atoms with Crippen LogP contribution >= 0.6 is 0 Å². The number of hydrogen-bond acceptors (Lipinski definition) is 2. The van der Waals surface area contributed by atoms with E-state index in [1.807, 2.05) is 0 Å². The molecule has 0 radical (unpaired) electrons. The Morgan fingerprint density at radius 2 is 2.28 bits per heavy atom. The number of amides is 1. The predicted molar refractivity (Wildman–Crippen MR) is 68.0 cm³/mol. The van der Waals surface area contributed by atoms with Crippen LogP contribution in [-0.4, -0.2) is 19.0 Å². The first-order valence-electron chi connectivity index (χ1n) is 6.55. The lowest BCUT2D eigenvalue weighted by molar-refractivity contribution is -0.117. The van der Waals surface area contributed by atoms with Crippen molar-refractivity contribution in [2.24, 2.45) is 5.92 Å². The first-order chi connectivity index (χ1) is 8.74. The lowest BCUT2D eigenvalue weighted by Crippen LogP contribution is -2.31. The largest absolute Gasteiger partial charge is 0.325 e. The maximum absolute atomic E-state index is 13.1. The second kappa shape index (κ2) is 4.69. The molecule has 3 rings (SSSR count). The van der Waals surface area contributed by atoms with Crippen LogP contribution in [-0.2, 0) is 4.79 Å². The first kappa shape index (κ1) is 11.7. The van der Waals surface area contributed by atoms with Gasteiger partial charge in [0.05, 0.1) is 5.92 Å². The molecule has 3 nitrogen and oxygen atoms in total. The van der Waals surface area contributed by atoms with Crippen molar-refractivity contribution in [1.29, 1.82) is 0 Å². The van der Waals surface area contributed by atoms with Crippen molar-refractivity contribution in [1.82, 2.24) is 5.32 Å². The van der Waals surface area contributed by atoms with Gasteiger partial charge in [-0.25, -0.2) is 4.39 Å². The molecule has 0 aliphatic carbocycles. The maximum Gasteiger partial charge on any atom is 0.232 e. The molecule has 1 saturated heterocycles. The third-order valence-corrected chi connectivity index (χ3v) is 3.93. The van der Waals surface area contributed by atoms with Crippen molar-refractivity contribution in [2.75, 3.05) is 18.4 Å². The zero-order chi connectivity index (χ0) is 12.5. The van der Waals surface area contributed by atoms with E-state index in [1.54, 1.807) is 6.07 Å². The Balaban J connectivity index is 1.78. The van der Waals surface area contributed by atoms with Crippen LogP contribution in [0.5, 0.6) is 0 Å². The lowest BCUT2D eigenvalue weighted by atomic mass is 9.86.